The summed E-state index contributed by atoms with van der Waals surface area (Å²) in [5.74, 6) is -0.00491. The molecule has 1 aliphatic heterocycles. The van der Waals surface area contributed by atoms with Gasteiger partial charge in [-0.15, -0.1) is 0 Å². The van der Waals surface area contributed by atoms with E-state index in [1.54, 1.807) is 10.8 Å². The first kappa shape index (κ1) is 13.6. The molecule has 0 aliphatic carbocycles. The standard InChI is InChI=1S/C13H19N3O3/c1-9-8-16(6-7-19-9)13-11(4-5-12(17)18)10(2)14-15(13)3/h4-5,9H,6-8H2,1-3H3,(H,17,18)/b5-4+. The normalized spacial score (nSPS) is 20.2. The van der Waals surface area contributed by atoms with Crippen LogP contribution in [0.4, 0.5) is 5.82 Å². The van der Waals surface area contributed by atoms with Gasteiger partial charge in [0.1, 0.15) is 5.82 Å². The first-order chi connectivity index (χ1) is 8.99. The van der Waals surface area contributed by atoms with Crippen molar-refractivity contribution in [2.24, 2.45) is 7.05 Å². The van der Waals surface area contributed by atoms with Gasteiger partial charge in [0.25, 0.3) is 0 Å². The quantitative estimate of drug-likeness (QED) is 0.827. The molecule has 1 aliphatic rings. The van der Waals surface area contributed by atoms with Gasteiger partial charge in [0, 0.05) is 31.8 Å². The van der Waals surface area contributed by atoms with Gasteiger partial charge in [-0.1, -0.05) is 0 Å². The van der Waals surface area contributed by atoms with Crippen molar-refractivity contribution in [3.05, 3.63) is 17.3 Å². The van der Waals surface area contributed by atoms with Crippen LogP contribution in [0.1, 0.15) is 18.2 Å². The Morgan fingerprint density at radius 3 is 2.95 bits per heavy atom. The van der Waals surface area contributed by atoms with Gasteiger partial charge in [-0.3, -0.25) is 4.68 Å². The minimum atomic E-state index is -0.954. The second kappa shape index (κ2) is 5.44. The molecule has 0 saturated carbocycles. The molecule has 0 aromatic carbocycles. The van der Waals surface area contributed by atoms with Crippen LogP contribution in [0.25, 0.3) is 6.08 Å². The van der Waals surface area contributed by atoms with E-state index in [-0.39, 0.29) is 6.10 Å². The highest BCUT2D eigenvalue weighted by molar-refractivity contribution is 5.87. The number of hydrogen-bond acceptors (Lipinski definition) is 4. The summed E-state index contributed by atoms with van der Waals surface area (Å²) in [5.41, 5.74) is 1.69. The molecule has 1 aromatic rings. The largest absolute Gasteiger partial charge is 0.478 e. The van der Waals surface area contributed by atoms with Crippen LogP contribution in [-0.2, 0) is 16.6 Å². The highest BCUT2D eigenvalue weighted by atomic mass is 16.5. The molecule has 2 rings (SSSR count). The van der Waals surface area contributed by atoms with E-state index in [9.17, 15) is 4.79 Å². The lowest BCUT2D eigenvalue weighted by Gasteiger charge is -2.33. The van der Waals surface area contributed by atoms with Gasteiger partial charge in [-0.05, 0) is 19.9 Å². The zero-order chi connectivity index (χ0) is 14.0. The van der Waals surface area contributed by atoms with Crippen molar-refractivity contribution < 1.29 is 14.6 Å². The monoisotopic (exact) mass is 265 g/mol. The lowest BCUT2D eigenvalue weighted by Crippen LogP contribution is -2.42. The van der Waals surface area contributed by atoms with E-state index in [0.29, 0.717) is 6.61 Å². The Kier molecular flexibility index (Phi) is 3.90. The lowest BCUT2D eigenvalue weighted by molar-refractivity contribution is -0.131. The van der Waals surface area contributed by atoms with E-state index < -0.39 is 5.97 Å². The van der Waals surface area contributed by atoms with E-state index in [1.165, 1.54) is 0 Å². The molecule has 0 amide bonds. The number of carbonyl (C=O) groups is 1. The minimum absolute atomic E-state index is 0.167. The second-order valence-corrected chi connectivity index (χ2v) is 4.75. The molecule has 1 saturated heterocycles. The third-order valence-electron chi connectivity index (χ3n) is 3.17. The predicted molar refractivity (Wildman–Crippen MR) is 72.2 cm³/mol. The molecule has 1 unspecified atom stereocenters. The fraction of sp³-hybridized carbons (Fsp3) is 0.538. The molecule has 19 heavy (non-hydrogen) atoms. The molecule has 6 heteroatoms. The van der Waals surface area contributed by atoms with Gasteiger partial charge in [0.05, 0.1) is 18.4 Å². The Balaban J connectivity index is 2.35. The van der Waals surface area contributed by atoms with Crippen molar-refractivity contribution in [3.8, 4) is 0 Å². The topological polar surface area (TPSA) is 67.6 Å². The number of rotatable bonds is 3. The van der Waals surface area contributed by atoms with Gasteiger partial charge >= 0.3 is 5.97 Å². The lowest BCUT2D eigenvalue weighted by atomic mass is 10.2. The number of nitrogens with zero attached hydrogens (tertiary/aromatic N) is 3. The Labute approximate surface area is 112 Å². The average molecular weight is 265 g/mol. The van der Waals surface area contributed by atoms with Crippen molar-refractivity contribution >= 4 is 17.9 Å². The molecule has 2 heterocycles. The predicted octanol–water partition coefficient (Wildman–Crippen LogP) is 1.05. The number of carboxylic acid groups (broad SMARTS) is 1. The van der Waals surface area contributed by atoms with Crippen LogP contribution >= 0.6 is 0 Å². The van der Waals surface area contributed by atoms with Gasteiger partial charge in [-0.25, -0.2) is 4.79 Å². The maximum absolute atomic E-state index is 10.7. The van der Waals surface area contributed by atoms with Crippen LogP contribution in [0.3, 0.4) is 0 Å². The van der Waals surface area contributed by atoms with Gasteiger partial charge in [0.2, 0.25) is 0 Å². The Morgan fingerprint density at radius 2 is 2.32 bits per heavy atom. The number of aliphatic carboxylic acids is 1. The van der Waals surface area contributed by atoms with E-state index in [0.717, 1.165) is 36.2 Å². The summed E-state index contributed by atoms with van der Waals surface area (Å²) in [7, 11) is 1.88. The molecular weight excluding hydrogens is 246 g/mol. The maximum atomic E-state index is 10.7. The van der Waals surface area contributed by atoms with Crippen LogP contribution in [0.5, 0.6) is 0 Å². The van der Waals surface area contributed by atoms with Gasteiger partial charge in [-0.2, -0.15) is 5.10 Å². The fourth-order valence-electron chi connectivity index (χ4n) is 2.40. The Bertz CT molecular complexity index is 507. The zero-order valence-corrected chi connectivity index (χ0v) is 11.5. The van der Waals surface area contributed by atoms with E-state index in [2.05, 4.69) is 10.00 Å². The van der Waals surface area contributed by atoms with Crippen LogP contribution in [0.15, 0.2) is 6.08 Å². The third kappa shape index (κ3) is 2.96. The van der Waals surface area contributed by atoms with Crippen LogP contribution in [-0.4, -0.2) is 46.7 Å². The molecule has 1 N–H and O–H groups in total. The van der Waals surface area contributed by atoms with E-state index >= 15 is 0 Å². The van der Waals surface area contributed by atoms with Crippen molar-refractivity contribution in [3.63, 3.8) is 0 Å². The van der Waals surface area contributed by atoms with Gasteiger partial charge in [0.15, 0.2) is 0 Å². The number of carboxylic acids is 1. The molecular formula is C13H19N3O3. The summed E-state index contributed by atoms with van der Waals surface area (Å²) in [4.78, 5) is 12.9. The third-order valence-corrected chi connectivity index (χ3v) is 3.17. The summed E-state index contributed by atoms with van der Waals surface area (Å²) >= 11 is 0. The summed E-state index contributed by atoms with van der Waals surface area (Å²) < 4.78 is 7.33. The second-order valence-electron chi connectivity index (χ2n) is 4.75. The minimum Gasteiger partial charge on any atom is -0.478 e. The molecule has 0 spiro atoms. The van der Waals surface area contributed by atoms with Crippen molar-refractivity contribution in [2.45, 2.75) is 20.0 Å². The van der Waals surface area contributed by atoms with Crippen molar-refractivity contribution in [1.82, 2.24) is 9.78 Å². The maximum Gasteiger partial charge on any atom is 0.328 e. The van der Waals surface area contributed by atoms with Crippen LogP contribution in [0.2, 0.25) is 0 Å². The number of morpholine rings is 1. The van der Waals surface area contributed by atoms with Crippen molar-refractivity contribution in [2.75, 3.05) is 24.6 Å². The number of aromatic nitrogens is 2. The molecule has 6 nitrogen and oxygen atoms in total. The zero-order valence-electron chi connectivity index (χ0n) is 11.5. The molecule has 1 atom stereocenters. The SMILES string of the molecule is Cc1nn(C)c(N2CCOC(C)C2)c1/C=C/C(=O)O. The summed E-state index contributed by atoms with van der Waals surface area (Å²) in [6.07, 6.45) is 2.93. The molecule has 1 aromatic heterocycles. The summed E-state index contributed by atoms with van der Waals surface area (Å²) in [6.45, 7) is 6.16. The molecule has 0 radical (unpaired) electrons. The highest BCUT2D eigenvalue weighted by Gasteiger charge is 2.23. The Hall–Kier alpha value is -1.82. The van der Waals surface area contributed by atoms with E-state index in [4.69, 9.17) is 9.84 Å². The number of aryl methyl sites for hydroxylation is 2. The van der Waals surface area contributed by atoms with Crippen LogP contribution < -0.4 is 4.90 Å². The molecule has 1 fully saturated rings. The average Bonchev–Trinajstić information content (AvgIpc) is 2.61. The first-order valence-corrected chi connectivity index (χ1v) is 6.30. The van der Waals surface area contributed by atoms with E-state index in [1.807, 2.05) is 20.9 Å². The number of ether oxygens (including phenoxy) is 1. The fourth-order valence-corrected chi connectivity index (χ4v) is 2.40. The van der Waals surface area contributed by atoms with Crippen molar-refractivity contribution in [1.29, 1.82) is 0 Å². The summed E-state index contributed by atoms with van der Waals surface area (Å²) in [5, 5.41) is 13.1. The first-order valence-electron chi connectivity index (χ1n) is 6.30. The molecule has 104 valence electrons. The van der Waals surface area contributed by atoms with Crippen LogP contribution in [0, 0.1) is 6.92 Å². The number of anilines is 1. The summed E-state index contributed by atoms with van der Waals surface area (Å²) in [6, 6.07) is 0. The van der Waals surface area contributed by atoms with Gasteiger partial charge < -0.3 is 14.7 Å². The highest BCUT2D eigenvalue weighted by Crippen LogP contribution is 2.26. The smallest absolute Gasteiger partial charge is 0.328 e. The number of hydrogen-bond donors (Lipinski definition) is 1. The molecule has 0 bridgehead atoms. The Morgan fingerprint density at radius 1 is 1.58 bits per heavy atom.